The molecule has 8 heteroatoms. The second kappa shape index (κ2) is 7.14. The third-order valence-electron chi connectivity index (χ3n) is 4.51. The van der Waals surface area contributed by atoms with Crippen molar-refractivity contribution >= 4 is 28.2 Å². The first-order valence-corrected chi connectivity index (χ1v) is 8.85. The number of anilines is 1. The smallest absolute Gasteiger partial charge is 0.251 e. The molecule has 3 heterocycles. The van der Waals surface area contributed by atoms with Gasteiger partial charge in [-0.05, 0) is 43.8 Å². The Balaban J connectivity index is 1.64. The zero-order chi connectivity index (χ0) is 17.1. The number of carbonyl (C=O) groups is 2. The molecule has 0 aromatic carbocycles. The summed E-state index contributed by atoms with van der Waals surface area (Å²) in [5.41, 5.74) is 6.79. The summed E-state index contributed by atoms with van der Waals surface area (Å²) in [5, 5.41) is 12.1. The summed E-state index contributed by atoms with van der Waals surface area (Å²) in [6.45, 7) is 3.58. The van der Waals surface area contributed by atoms with Crippen LogP contribution in [-0.2, 0) is 4.79 Å². The van der Waals surface area contributed by atoms with Crippen LogP contribution in [0.25, 0.3) is 0 Å². The predicted molar refractivity (Wildman–Crippen MR) is 93.1 cm³/mol. The number of primary amides is 1. The fourth-order valence-corrected chi connectivity index (χ4v) is 3.88. The maximum atomic E-state index is 12.6. The fraction of sp³-hybridized carbons (Fsp3) is 0.438. The molecule has 2 atom stereocenters. The monoisotopic (exact) mass is 347 g/mol. The summed E-state index contributed by atoms with van der Waals surface area (Å²) in [4.78, 5) is 26.1. The van der Waals surface area contributed by atoms with E-state index < -0.39 is 5.91 Å². The molecule has 3 rings (SSSR count). The normalized spacial score (nSPS) is 19.8. The second-order valence-corrected chi connectivity index (χ2v) is 6.96. The molecule has 2 aromatic heterocycles. The molecule has 0 radical (unpaired) electrons. The molecule has 4 N–H and O–H groups in total. The van der Waals surface area contributed by atoms with Crippen LogP contribution in [0.4, 0.5) is 5.00 Å². The molecular formula is C16H21N5O2S. The van der Waals surface area contributed by atoms with Crippen LogP contribution in [0.5, 0.6) is 0 Å². The molecule has 2 aromatic rings. The van der Waals surface area contributed by atoms with Gasteiger partial charge in [-0.1, -0.05) is 0 Å². The molecule has 128 valence electrons. The van der Waals surface area contributed by atoms with Crippen molar-refractivity contribution in [1.82, 2.24) is 15.1 Å². The largest absolute Gasteiger partial charge is 0.366 e. The second-order valence-electron chi connectivity index (χ2n) is 6.04. The van der Waals surface area contributed by atoms with Gasteiger partial charge in [-0.3, -0.25) is 19.6 Å². The number of H-pyrrole nitrogens is 1. The molecule has 1 fully saturated rings. The highest BCUT2D eigenvalue weighted by molar-refractivity contribution is 7.14. The molecule has 0 bridgehead atoms. The van der Waals surface area contributed by atoms with Gasteiger partial charge >= 0.3 is 0 Å². The highest BCUT2D eigenvalue weighted by Gasteiger charge is 2.29. The predicted octanol–water partition coefficient (Wildman–Crippen LogP) is 1.78. The van der Waals surface area contributed by atoms with Gasteiger partial charge in [-0.2, -0.15) is 5.10 Å². The Morgan fingerprint density at radius 1 is 1.50 bits per heavy atom. The lowest BCUT2D eigenvalue weighted by Crippen LogP contribution is -2.46. The maximum Gasteiger partial charge on any atom is 0.251 e. The highest BCUT2D eigenvalue weighted by Crippen LogP contribution is 2.27. The van der Waals surface area contributed by atoms with E-state index in [1.54, 1.807) is 17.6 Å². The summed E-state index contributed by atoms with van der Waals surface area (Å²) >= 11 is 1.30. The van der Waals surface area contributed by atoms with Gasteiger partial charge in [0.25, 0.3) is 5.91 Å². The lowest BCUT2D eigenvalue weighted by molar-refractivity contribution is -0.121. The fourth-order valence-electron chi connectivity index (χ4n) is 3.09. The summed E-state index contributed by atoms with van der Waals surface area (Å²) in [6.07, 6.45) is 3.88. The molecule has 1 aliphatic heterocycles. The zero-order valence-electron chi connectivity index (χ0n) is 13.5. The van der Waals surface area contributed by atoms with Gasteiger partial charge in [0.1, 0.15) is 5.00 Å². The number of piperidine rings is 1. The minimum absolute atomic E-state index is 0.120. The number of aromatic nitrogens is 2. The van der Waals surface area contributed by atoms with Crippen LogP contribution in [0.2, 0.25) is 0 Å². The van der Waals surface area contributed by atoms with E-state index in [0.29, 0.717) is 16.5 Å². The molecule has 1 aliphatic rings. The standard InChI is InChI=1S/C16H21N5O2S/c1-10(15(23)19-16-12(14(17)22)5-8-24-16)21-7-2-3-11(9-21)13-4-6-18-20-13/h4-6,8,10-11H,2-3,7,9H2,1H3,(H2,17,22)(H,18,20)(H,19,23)/t10-,11-/m0/s1. The van der Waals surface area contributed by atoms with Gasteiger partial charge in [-0.25, -0.2) is 0 Å². The van der Waals surface area contributed by atoms with Crippen molar-refractivity contribution in [2.24, 2.45) is 5.73 Å². The third kappa shape index (κ3) is 3.49. The average Bonchev–Trinajstić information content (AvgIpc) is 3.25. The van der Waals surface area contributed by atoms with Crippen molar-refractivity contribution in [3.8, 4) is 0 Å². The van der Waals surface area contributed by atoms with Crippen molar-refractivity contribution in [3.63, 3.8) is 0 Å². The number of amides is 2. The van der Waals surface area contributed by atoms with Gasteiger partial charge in [0.05, 0.1) is 11.6 Å². The van der Waals surface area contributed by atoms with Crippen LogP contribution < -0.4 is 11.1 Å². The third-order valence-corrected chi connectivity index (χ3v) is 5.34. The van der Waals surface area contributed by atoms with Crippen molar-refractivity contribution in [3.05, 3.63) is 35.0 Å². The first-order valence-electron chi connectivity index (χ1n) is 7.97. The number of aromatic amines is 1. The van der Waals surface area contributed by atoms with E-state index in [9.17, 15) is 9.59 Å². The lowest BCUT2D eigenvalue weighted by Gasteiger charge is -2.35. The molecule has 0 saturated carbocycles. The molecule has 24 heavy (non-hydrogen) atoms. The van der Waals surface area contributed by atoms with Crippen LogP contribution in [0, 0.1) is 0 Å². The number of nitrogens with one attached hydrogen (secondary N) is 2. The first kappa shape index (κ1) is 16.7. The topological polar surface area (TPSA) is 104 Å². The van der Waals surface area contributed by atoms with Gasteiger partial charge < -0.3 is 11.1 Å². The molecule has 7 nitrogen and oxygen atoms in total. The first-order chi connectivity index (χ1) is 11.6. The van der Waals surface area contributed by atoms with E-state index in [2.05, 4.69) is 20.4 Å². The van der Waals surface area contributed by atoms with Crippen LogP contribution >= 0.6 is 11.3 Å². The molecule has 0 spiro atoms. The quantitative estimate of drug-likeness (QED) is 0.767. The Kier molecular flexibility index (Phi) is 4.96. The van der Waals surface area contributed by atoms with Crippen LogP contribution in [0.3, 0.4) is 0 Å². The Morgan fingerprint density at radius 2 is 2.33 bits per heavy atom. The van der Waals surface area contributed by atoms with Crippen LogP contribution in [0.15, 0.2) is 23.7 Å². The number of likely N-dealkylation sites (tertiary alicyclic amines) is 1. The van der Waals surface area contributed by atoms with Crippen molar-refractivity contribution in [2.45, 2.75) is 31.7 Å². The van der Waals surface area contributed by atoms with Gasteiger partial charge in [0.2, 0.25) is 5.91 Å². The number of hydrogen-bond donors (Lipinski definition) is 3. The van der Waals surface area contributed by atoms with Crippen LogP contribution in [0.1, 0.15) is 41.7 Å². The van der Waals surface area contributed by atoms with E-state index >= 15 is 0 Å². The summed E-state index contributed by atoms with van der Waals surface area (Å²) in [6, 6.07) is 3.34. The Labute approximate surface area is 144 Å². The number of thiophene rings is 1. The SMILES string of the molecule is C[C@@H](C(=O)Nc1sccc1C(N)=O)N1CCC[C@H](c2ccn[nH]2)C1. The highest BCUT2D eigenvalue weighted by atomic mass is 32.1. The molecule has 0 unspecified atom stereocenters. The van der Waals surface area contributed by atoms with Gasteiger partial charge in [0, 0.05) is 24.4 Å². The summed E-state index contributed by atoms with van der Waals surface area (Å²) in [5.74, 6) is -0.291. The van der Waals surface area contributed by atoms with Crippen molar-refractivity contribution < 1.29 is 9.59 Å². The average molecular weight is 347 g/mol. The summed E-state index contributed by atoms with van der Waals surface area (Å²) in [7, 11) is 0. The van der Waals surface area contributed by atoms with E-state index in [-0.39, 0.29) is 11.9 Å². The molecule has 0 aliphatic carbocycles. The van der Waals surface area contributed by atoms with Gasteiger partial charge in [0.15, 0.2) is 0 Å². The van der Waals surface area contributed by atoms with E-state index in [1.807, 2.05) is 13.0 Å². The molecule has 2 amide bonds. The molecular weight excluding hydrogens is 326 g/mol. The number of nitrogens with two attached hydrogens (primary N) is 1. The minimum Gasteiger partial charge on any atom is -0.366 e. The van der Waals surface area contributed by atoms with Gasteiger partial charge in [-0.15, -0.1) is 11.3 Å². The minimum atomic E-state index is -0.531. The zero-order valence-corrected chi connectivity index (χ0v) is 14.3. The number of nitrogens with zero attached hydrogens (tertiary/aromatic N) is 2. The summed E-state index contributed by atoms with van der Waals surface area (Å²) < 4.78 is 0. The maximum absolute atomic E-state index is 12.6. The van der Waals surface area contributed by atoms with E-state index in [4.69, 9.17) is 5.73 Å². The number of rotatable bonds is 5. The number of hydrogen-bond acceptors (Lipinski definition) is 5. The van der Waals surface area contributed by atoms with E-state index in [1.165, 1.54) is 11.3 Å². The number of carbonyl (C=O) groups excluding carboxylic acids is 2. The molecule has 1 saturated heterocycles. The lowest BCUT2D eigenvalue weighted by atomic mass is 9.94. The Morgan fingerprint density at radius 3 is 3.04 bits per heavy atom. The van der Waals surface area contributed by atoms with Crippen LogP contribution in [-0.4, -0.2) is 46.0 Å². The van der Waals surface area contributed by atoms with Crippen molar-refractivity contribution in [1.29, 1.82) is 0 Å². The van der Waals surface area contributed by atoms with Crippen molar-refractivity contribution in [2.75, 3.05) is 18.4 Å². The Hall–Kier alpha value is -2.19. The Bertz CT molecular complexity index is 712. The van der Waals surface area contributed by atoms with E-state index in [0.717, 1.165) is 31.6 Å².